The van der Waals surface area contributed by atoms with Crippen LogP contribution in [-0.2, 0) is 5.41 Å². The minimum Gasteiger partial charge on any atom is -0.456 e. The van der Waals surface area contributed by atoms with Gasteiger partial charge in [-0.1, -0.05) is 147 Å². The summed E-state index contributed by atoms with van der Waals surface area (Å²) >= 11 is 0. The van der Waals surface area contributed by atoms with Crippen LogP contribution in [0.1, 0.15) is 25.0 Å². The van der Waals surface area contributed by atoms with E-state index in [1.807, 2.05) is 6.07 Å². The zero-order chi connectivity index (χ0) is 35.7. The molecule has 0 radical (unpaired) electrons. The number of hydrogen-bond acceptors (Lipinski definition) is 1. The molecule has 0 fully saturated rings. The summed E-state index contributed by atoms with van der Waals surface area (Å²) in [6.07, 6.45) is 0. The van der Waals surface area contributed by atoms with Crippen LogP contribution < -0.4 is 4.74 Å². The lowest BCUT2D eigenvalue weighted by Gasteiger charge is -2.24. The van der Waals surface area contributed by atoms with Crippen LogP contribution in [0.3, 0.4) is 0 Å². The van der Waals surface area contributed by atoms with Crippen LogP contribution in [-0.4, -0.2) is 0 Å². The largest absolute Gasteiger partial charge is 0.456 e. The summed E-state index contributed by atoms with van der Waals surface area (Å²) in [7, 11) is 0. The fourth-order valence-corrected chi connectivity index (χ4v) is 9.77. The fourth-order valence-electron chi connectivity index (χ4n) is 9.77. The topological polar surface area (TPSA) is 9.23 Å². The van der Waals surface area contributed by atoms with Crippen molar-refractivity contribution in [3.63, 3.8) is 0 Å². The first-order valence-electron chi connectivity index (χ1n) is 18.9. The monoisotopic (exact) mass is 686 g/mol. The number of benzene rings is 10. The average Bonchev–Trinajstić information content (AvgIpc) is 3.45. The van der Waals surface area contributed by atoms with E-state index in [2.05, 4.69) is 178 Å². The Bertz CT molecular complexity index is 3180. The normalized spacial score (nSPS) is 13.7. The van der Waals surface area contributed by atoms with Crippen molar-refractivity contribution in [3.8, 4) is 67.1 Å². The molecule has 0 aromatic heterocycles. The van der Waals surface area contributed by atoms with Crippen LogP contribution in [0.5, 0.6) is 11.5 Å². The molecule has 252 valence electrons. The molecule has 54 heavy (non-hydrogen) atoms. The number of fused-ring (bicyclic) bond motifs is 5. The van der Waals surface area contributed by atoms with Gasteiger partial charge in [0.15, 0.2) is 0 Å². The molecule has 1 aliphatic heterocycles. The zero-order valence-corrected chi connectivity index (χ0v) is 30.1. The van der Waals surface area contributed by atoms with Crippen LogP contribution in [0.4, 0.5) is 0 Å². The minimum absolute atomic E-state index is 0.158. The summed E-state index contributed by atoms with van der Waals surface area (Å²) in [5.74, 6) is 1.84. The van der Waals surface area contributed by atoms with Crippen LogP contribution >= 0.6 is 0 Å². The lowest BCUT2D eigenvalue weighted by molar-refractivity contribution is 0.487. The predicted octanol–water partition coefficient (Wildman–Crippen LogP) is 14.8. The summed E-state index contributed by atoms with van der Waals surface area (Å²) in [5.41, 5.74) is 15.2. The van der Waals surface area contributed by atoms with E-state index < -0.39 is 0 Å². The summed E-state index contributed by atoms with van der Waals surface area (Å²) in [6.45, 7) is 4.77. The molecule has 0 saturated heterocycles. The first-order chi connectivity index (χ1) is 26.5. The SMILES string of the molecule is CC1(C)c2cc(-c3cc4ccc5ccc(-c6ccccc6)c6ccc(c3)c4c56)ccc2-c2ccc(-c3ccc4c5c(cccc35)-c3ccccc3O4)cc21. The van der Waals surface area contributed by atoms with Crippen molar-refractivity contribution in [1.82, 2.24) is 0 Å². The van der Waals surface area contributed by atoms with Crippen molar-refractivity contribution in [1.29, 1.82) is 0 Å². The van der Waals surface area contributed by atoms with Gasteiger partial charge in [0, 0.05) is 16.4 Å². The van der Waals surface area contributed by atoms with Crippen molar-refractivity contribution in [2.75, 3.05) is 0 Å². The third-order valence-corrected chi connectivity index (χ3v) is 12.4. The number of para-hydroxylation sites is 1. The zero-order valence-electron chi connectivity index (χ0n) is 30.1. The van der Waals surface area contributed by atoms with Gasteiger partial charge in [-0.25, -0.2) is 0 Å². The van der Waals surface area contributed by atoms with E-state index in [1.165, 1.54) is 104 Å². The Kier molecular flexibility index (Phi) is 5.90. The molecule has 0 atom stereocenters. The first-order valence-corrected chi connectivity index (χ1v) is 18.9. The van der Waals surface area contributed by atoms with E-state index in [9.17, 15) is 0 Å². The van der Waals surface area contributed by atoms with E-state index in [0.29, 0.717) is 0 Å². The Labute approximate surface area is 314 Å². The lowest BCUT2D eigenvalue weighted by atomic mass is 9.80. The van der Waals surface area contributed by atoms with Gasteiger partial charge in [-0.2, -0.15) is 0 Å². The fraction of sp³-hybridized carbons (Fsp3) is 0.0566. The third kappa shape index (κ3) is 4.04. The lowest BCUT2D eigenvalue weighted by Crippen LogP contribution is -2.15. The number of hydrogen-bond donors (Lipinski definition) is 0. The Balaban J connectivity index is 0.957. The number of ether oxygens (including phenoxy) is 1. The van der Waals surface area contributed by atoms with Crippen molar-refractivity contribution < 1.29 is 4.74 Å². The van der Waals surface area contributed by atoms with Crippen molar-refractivity contribution >= 4 is 43.1 Å². The second-order valence-corrected chi connectivity index (χ2v) is 15.6. The Morgan fingerprint density at radius 2 is 0.944 bits per heavy atom. The Morgan fingerprint density at radius 1 is 0.333 bits per heavy atom. The van der Waals surface area contributed by atoms with Crippen molar-refractivity contribution in [3.05, 3.63) is 181 Å². The van der Waals surface area contributed by atoms with Crippen molar-refractivity contribution in [2.45, 2.75) is 19.3 Å². The molecule has 12 rings (SSSR count). The Morgan fingerprint density at radius 3 is 1.78 bits per heavy atom. The van der Waals surface area contributed by atoms with Gasteiger partial charge in [-0.3, -0.25) is 0 Å². The van der Waals surface area contributed by atoms with Gasteiger partial charge < -0.3 is 4.74 Å². The molecular formula is C53H34O. The molecule has 0 unspecified atom stereocenters. The van der Waals surface area contributed by atoms with Gasteiger partial charge in [-0.15, -0.1) is 0 Å². The molecule has 10 aromatic carbocycles. The van der Waals surface area contributed by atoms with Gasteiger partial charge in [0.2, 0.25) is 0 Å². The molecule has 2 aliphatic rings. The average molecular weight is 687 g/mol. The second-order valence-electron chi connectivity index (χ2n) is 15.6. The van der Waals surface area contributed by atoms with E-state index in [4.69, 9.17) is 4.74 Å². The molecule has 0 saturated carbocycles. The summed E-state index contributed by atoms with van der Waals surface area (Å²) < 4.78 is 6.41. The summed E-state index contributed by atoms with van der Waals surface area (Å²) in [4.78, 5) is 0. The minimum atomic E-state index is -0.158. The molecule has 1 aliphatic carbocycles. The third-order valence-electron chi connectivity index (χ3n) is 12.4. The molecule has 1 nitrogen and oxygen atoms in total. The highest BCUT2D eigenvalue weighted by molar-refractivity contribution is 6.26. The van der Waals surface area contributed by atoms with Gasteiger partial charge in [0.05, 0.1) is 0 Å². The molecule has 0 bridgehead atoms. The molecular weight excluding hydrogens is 653 g/mol. The van der Waals surface area contributed by atoms with Gasteiger partial charge in [0.25, 0.3) is 0 Å². The predicted molar refractivity (Wildman–Crippen MR) is 227 cm³/mol. The quantitative estimate of drug-likeness (QED) is 0.168. The molecule has 1 heteroatoms. The summed E-state index contributed by atoms with van der Waals surface area (Å²) in [6, 6.07) is 62.9. The highest BCUT2D eigenvalue weighted by atomic mass is 16.5. The smallest absolute Gasteiger partial charge is 0.135 e. The van der Waals surface area contributed by atoms with E-state index in [-0.39, 0.29) is 5.41 Å². The molecule has 1 heterocycles. The molecule has 10 aromatic rings. The second kappa shape index (κ2) is 10.7. The van der Waals surface area contributed by atoms with Gasteiger partial charge >= 0.3 is 0 Å². The van der Waals surface area contributed by atoms with Gasteiger partial charge in [0.1, 0.15) is 11.5 Å². The molecule has 0 spiro atoms. The van der Waals surface area contributed by atoms with E-state index in [1.54, 1.807) is 0 Å². The van der Waals surface area contributed by atoms with E-state index >= 15 is 0 Å². The molecule has 0 N–H and O–H groups in total. The first kappa shape index (κ1) is 29.8. The van der Waals surface area contributed by atoms with Gasteiger partial charge in [-0.05, 0) is 135 Å². The van der Waals surface area contributed by atoms with Crippen LogP contribution in [0, 0.1) is 0 Å². The highest BCUT2D eigenvalue weighted by Gasteiger charge is 2.36. The van der Waals surface area contributed by atoms with E-state index in [0.717, 1.165) is 17.1 Å². The maximum absolute atomic E-state index is 6.41. The maximum Gasteiger partial charge on any atom is 0.135 e. The summed E-state index contributed by atoms with van der Waals surface area (Å²) in [5, 5.41) is 10.3. The van der Waals surface area contributed by atoms with Crippen molar-refractivity contribution in [2.24, 2.45) is 0 Å². The highest BCUT2D eigenvalue weighted by Crippen LogP contribution is 2.53. The van der Waals surface area contributed by atoms with Crippen LogP contribution in [0.15, 0.2) is 170 Å². The van der Waals surface area contributed by atoms with Crippen LogP contribution in [0.25, 0.3) is 98.7 Å². The Hall–Kier alpha value is -6.70. The van der Waals surface area contributed by atoms with Crippen LogP contribution in [0.2, 0.25) is 0 Å². The maximum atomic E-state index is 6.41. The molecule has 0 amide bonds. The number of rotatable bonds is 3. The standard InChI is InChI=1S/C53H34O/c1-53(2)46-29-33(37-27-35-16-15-32-17-21-38(31-9-4-3-5-10-31)45-24-20-36(28-37)50(35)51(32)45)18-22-40(46)41-23-19-34(30-47(41)53)39-25-26-49-52-43(39)12-8-13-44(52)42-11-6-7-14-48(42)54-49/h3-30H,1-2H3.